The number of ketones is 1. The van der Waals surface area contributed by atoms with Crippen molar-refractivity contribution < 1.29 is 4.79 Å². The lowest BCUT2D eigenvalue weighted by Crippen LogP contribution is -2.34. The predicted octanol–water partition coefficient (Wildman–Crippen LogP) is 2.15. The van der Waals surface area contributed by atoms with Crippen LogP contribution in [-0.2, 0) is 17.8 Å². The van der Waals surface area contributed by atoms with E-state index in [0.29, 0.717) is 13.0 Å². The van der Waals surface area contributed by atoms with Gasteiger partial charge in [0, 0.05) is 23.9 Å². The number of aryl methyl sites for hydroxylation is 1. The minimum absolute atomic E-state index is 0.140. The van der Waals surface area contributed by atoms with Crippen molar-refractivity contribution in [3.05, 3.63) is 30.0 Å². The molecule has 0 saturated heterocycles. The Kier molecular flexibility index (Phi) is 3.71. The molecule has 0 amide bonds. The monoisotopic (exact) mass is 259 g/mol. The van der Waals surface area contributed by atoms with Gasteiger partial charge in [-0.05, 0) is 13.0 Å². The molecule has 2 aromatic rings. The van der Waals surface area contributed by atoms with Gasteiger partial charge >= 0.3 is 0 Å². The Labute approximate surface area is 113 Å². The first-order chi connectivity index (χ1) is 8.99. The number of para-hydroxylation sites is 1. The second-order valence-electron chi connectivity index (χ2n) is 5.47. The number of fused-ring (bicyclic) bond motifs is 1. The SMILES string of the molecule is CCn1nc(CC(=O)C(C)(C)CN)c2ccccc21. The maximum absolute atomic E-state index is 12.3. The van der Waals surface area contributed by atoms with Crippen LogP contribution < -0.4 is 5.73 Å². The van der Waals surface area contributed by atoms with Gasteiger partial charge in [0.05, 0.1) is 17.6 Å². The van der Waals surface area contributed by atoms with Crippen LogP contribution in [0.4, 0.5) is 0 Å². The molecule has 1 heterocycles. The number of Topliss-reactive ketones (excluding diaryl/α,β-unsaturated/α-hetero) is 1. The topological polar surface area (TPSA) is 60.9 Å². The third kappa shape index (κ3) is 2.54. The highest BCUT2D eigenvalue weighted by Gasteiger charge is 2.27. The van der Waals surface area contributed by atoms with Gasteiger partial charge in [-0.1, -0.05) is 32.0 Å². The zero-order chi connectivity index (χ0) is 14.0. The van der Waals surface area contributed by atoms with Crippen molar-refractivity contribution in [1.29, 1.82) is 0 Å². The van der Waals surface area contributed by atoms with E-state index in [4.69, 9.17) is 5.73 Å². The first-order valence-corrected chi connectivity index (χ1v) is 6.67. The molecular weight excluding hydrogens is 238 g/mol. The van der Waals surface area contributed by atoms with Crippen molar-refractivity contribution in [3.8, 4) is 0 Å². The van der Waals surface area contributed by atoms with E-state index in [0.717, 1.165) is 23.1 Å². The average Bonchev–Trinajstić information content (AvgIpc) is 2.77. The molecule has 2 rings (SSSR count). The van der Waals surface area contributed by atoms with Crippen LogP contribution in [0.15, 0.2) is 24.3 Å². The summed E-state index contributed by atoms with van der Waals surface area (Å²) >= 11 is 0. The Morgan fingerprint density at radius 1 is 1.37 bits per heavy atom. The average molecular weight is 259 g/mol. The lowest BCUT2D eigenvalue weighted by atomic mass is 9.85. The number of nitrogens with two attached hydrogens (primary N) is 1. The van der Waals surface area contributed by atoms with E-state index in [9.17, 15) is 4.79 Å². The third-order valence-electron chi connectivity index (χ3n) is 3.63. The molecule has 0 unspecified atom stereocenters. The molecule has 0 bridgehead atoms. The molecule has 4 nitrogen and oxygen atoms in total. The molecule has 0 fully saturated rings. The number of hydrogen-bond acceptors (Lipinski definition) is 3. The second-order valence-corrected chi connectivity index (χ2v) is 5.47. The largest absolute Gasteiger partial charge is 0.329 e. The summed E-state index contributed by atoms with van der Waals surface area (Å²) < 4.78 is 1.94. The van der Waals surface area contributed by atoms with Crippen molar-refractivity contribution in [2.75, 3.05) is 6.54 Å². The first kappa shape index (κ1) is 13.7. The van der Waals surface area contributed by atoms with Gasteiger partial charge in [-0.25, -0.2) is 0 Å². The van der Waals surface area contributed by atoms with E-state index in [1.54, 1.807) is 0 Å². The van der Waals surface area contributed by atoms with Crippen molar-refractivity contribution in [2.45, 2.75) is 33.7 Å². The zero-order valence-electron chi connectivity index (χ0n) is 11.8. The Morgan fingerprint density at radius 2 is 2.05 bits per heavy atom. The van der Waals surface area contributed by atoms with Crippen LogP contribution >= 0.6 is 0 Å². The summed E-state index contributed by atoms with van der Waals surface area (Å²) in [6.07, 6.45) is 0.345. The van der Waals surface area contributed by atoms with Crippen LogP contribution in [-0.4, -0.2) is 22.1 Å². The van der Waals surface area contributed by atoms with E-state index in [-0.39, 0.29) is 5.78 Å². The fraction of sp³-hybridized carbons (Fsp3) is 0.467. The number of carbonyl (C=O) groups is 1. The highest BCUT2D eigenvalue weighted by molar-refractivity contribution is 5.91. The molecule has 19 heavy (non-hydrogen) atoms. The van der Waals surface area contributed by atoms with Crippen molar-refractivity contribution in [2.24, 2.45) is 11.1 Å². The van der Waals surface area contributed by atoms with Crippen molar-refractivity contribution >= 4 is 16.7 Å². The summed E-state index contributed by atoms with van der Waals surface area (Å²) in [5.74, 6) is 0.140. The normalized spacial score (nSPS) is 12.0. The number of nitrogens with zero attached hydrogens (tertiary/aromatic N) is 2. The van der Waals surface area contributed by atoms with Crippen LogP contribution in [0.25, 0.3) is 10.9 Å². The minimum Gasteiger partial charge on any atom is -0.329 e. The van der Waals surface area contributed by atoms with Crippen LogP contribution in [0.3, 0.4) is 0 Å². The smallest absolute Gasteiger partial charge is 0.145 e. The molecule has 102 valence electrons. The summed E-state index contributed by atoms with van der Waals surface area (Å²) in [7, 11) is 0. The molecule has 0 radical (unpaired) electrons. The highest BCUT2D eigenvalue weighted by Crippen LogP contribution is 2.22. The number of carbonyl (C=O) groups excluding carboxylic acids is 1. The lowest BCUT2D eigenvalue weighted by Gasteiger charge is -2.19. The highest BCUT2D eigenvalue weighted by atomic mass is 16.1. The van der Waals surface area contributed by atoms with E-state index < -0.39 is 5.41 Å². The first-order valence-electron chi connectivity index (χ1n) is 6.67. The lowest BCUT2D eigenvalue weighted by molar-refractivity contribution is -0.126. The zero-order valence-corrected chi connectivity index (χ0v) is 11.8. The Hall–Kier alpha value is -1.68. The van der Waals surface area contributed by atoms with E-state index in [2.05, 4.69) is 12.0 Å². The number of rotatable bonds is 5. The molecule has 0 aliphatic heterocycles. The van der Waals surface area contributed by atoms with Crippen LogP contribution in [0, 0.1) is 5.41 Å². The van der Waals surface area contributed by atoms with Gasteiger partial charge in [0.15, 0.2) is 0 Å². The van der Waals surface area contributed by atoms with Gasteiger partial charge in [-0.2, -0.15) is 5.10 Å². The standard InChI is InChI=1S/C15H21N3O/c1-4-18-13-8-6-5-7-11(13)12(17-18)9-14(19)15(2,3)10-16/h5-8H,4,9-10,16H2,1-3H3. The van der Waals surface area contributed by atoms with Gasteiger partial charge < -0.3 is 5.73 Å². The Morgan fingerprint density at radius 3 is 2.68 bits per heavy atom. The van der Waals surface area contributed by atoms with Crippen molar-refractivity contribution in [3.63, 3.8) is 0 Å². The predicted molar refractivity (Wildman–Crippen MR) is 77.0 cm³/mol. The van der Waals surface area contributed by atoms with Gasteiger partial charge in [0.25, 0.3) is 0 Å². The second kappa shape index (κ2) is 5.13. The molecule has 1 aromatic heterocycles. The summed E-state index contributed by atoms with van der Waals surface area (Å²) in [6.45, 7) is 6.98. The quantitative estimate of drug-likeness (QED) is 0.895. The van der Waals surface area contributed by atoms with Crippen LogP contribution in [0.5, 0.6) is 0 Å². The van der Waals surface area contributed by atoms with E-state index in [1.165, 1.54) is 0 Å². The molecule has 0 spiro atoms. The number of hydrogen-bond donors (Lipinski definition) is 1. The van der Waals surface area contributed by atoms with Crippen LogP contribution in [0.1, 0.15) is 26.5 Å². The Bertz CT molecular complexity index is 598. The molecule has 0 atom stereocenters. The molecule has 0 aliphatic carbocycles. The molecule has 1 aromatic carbocycles. The molecule has 4 heteroatoms. The van der Waals surface area contributed by atoms with Gasteiger partial charge in [-0.3, -0.25) is 9.48 Å². The molecule has 0 aliphatic rings. The van der Waals surface area contributed by atoms with Crippen LogP contribution in [0.2, 0.25) is 0 Å². The van der Waals surface area contributed by atoms with Gasteiger partial charge in [0.1, 0.15) is 5.78 Å². The minimum atomic E-state index is -0.489. The van der Waals surface area contributed by atoms with E-state index >= 15 is 0 Å². The third-order valence-corrected chi connectivity index (χ3v) is 3.63. The fourth-order valence-corrected chi connectivity index (χ4v) is 2.07. The summed E-state index contributed by atoms with van der Waals surface area (Å²) in [5, 5.41) is 5.61. The van der Waals surface area contributed by atoms with Crippen molar-refractivity contribution in [1.82, 2.24) is 9.78 Å². The summed E-state index contributed by atoms with van der Waals surface area (Å²) in [6, 6.07) is 8.03. The van der Waals surface area contributed by atoms with Gasteiger partial charge in [0.2, 0.25) is 0 Å². The number of aromatic nitrogens is 2. The molecule has 0 saturated carbocycles. The number of benzene rings is 1. The van der Waals surface area contributed by atoms with Gasteiger partial charge in [-0.15, -0.1) is 0 Å². The molecular formula is C15H21N3O. The fourth-order valence-electron chi connectivity index (χ4n) is 2.07. The maximum Gasteiger partial charge on any atom is 0.145 e. The summed E-state index contributed by atoms with van der Waals surface area (Å²) in [5.41, 5.74) is 7.10. The molecule has 2 N–H and O–H groups in total. The van der Waals surface area contributed by atoms with E-state index in [1.807, 2.05) is 42.8 Å². The maximum atomic E-state index is 12.3. The summed E-state index contributed by atoms with van der Waals surface area (Å²) in [4.78, 5) is 12.3. The Balaban J connectivity index is 2.39.